The van der Waals surface area contributed by atoms with Crippen LogP contribution in [0, 0.1) is 5.92 Å². The number of amides is 1. The van der Waals surface area contributed by atoms with E-state index in [9.17, 15) is 13.2 Å². The van der Waals surface area contributed by atoms with Crippen molar-refractivity contribution in [2.45, 2.75) is 17.7 Å². The molecule has 1 heterocycles. The largest absolute Gasteiger partial charge is 0.378 e. The van der Waals surface area contributed by atoms with Crippen molar-refractivity contribution in [3.63, 3.8) is 0 Å². The Labute approximate surface area is 175 Å². The highest BCUT2D eigenvalue weighted by Crippen LogP contribution is 2.33. The molecule has 0 atom stereocenters. The minimum Gasteiger partial charge on any atom is -0.378 e. The number of nitrogens with zero attached hydrogens (tertiary/aromatic N) is 1. The number of halogens is 1. The summed E-state index contributed by atoms with van der Waals surface area (Å²) in [5, 5.41) is 3.35. The van der Waals surface area contributed by atoms with Crippen LogP contribution in [0.3, 0.4) is 0 Å². The van der Waals surface area contributed by atoms with Gasteiger partial charge in [0.2, 0.25) is 5.91 Å². The summed E-state index contributed by atoms with van der Waals surface area (Å²) in [5.41, 5.74) is 1.46. The van der Waals surface area contributed by atoms with Crippen molar-refractivity contribution in [3.8, 4) is 0 Å². The predicted molar refractivity (Wildman–Crippen MR) is 113 cm³/mol. The van der Waals surface area contributed by atoms with E-state index in [-0.39, 0.29) is 16.7 Å². The molecular weight excluding hydrogens is 414 g/mol. The summed E-state index contributed by atoms with van der Waals surface area (Å²) >= 11 is 5.89. The van der Waals surface area contributed by atoms with Crippen LogP contribution in [-0.2, 0) is 19.6 Å². The van der Waals surface area contributed by atoms with Gasteiger partial charge in [0.15, 0.2) is 0 Å². The van der Waals surface area contributed by atoms with Crippen LogP contribution in [0.4, 0.5) is 17.1 Å². The normalized spacial score (nSPS) is 17.1. The zero-order chi connectivity index (χ0) is 20.4. The van der Waals surface area contributed by atoms with E-state index in [0.29, 0.717) is 48.4 Å². The minimum absolute atomic E-state index is 0.0289. The van der Waals surface area contributed by atoms with Crippen molar-refractivity contribution < 1.29 is 17.9 Å². The number of carbonyl (C=O) groups excluding carboxylic acids is 1. The van der Waals surface area contributed by atoms with Gasteiger partial charge in [-0.25, -0.2) is 8.42 Å². The van der Waals surface area contributed by atoms with E-state index in [2.05, 4.69) is 10.0 Å². The standard InChI is InChI=1S/C20H22ClN3O4S/c21-15-3-5-16(6-4-15)23-29(26,27)19-13-17(22-20(25)14-1-2-14)7-8-18(19)24-9-11-28-12-10-24/h3-8,13-14,23H,1-2,9-12H2,(H,22,25). The molecule has 0 spiro atoms. The molecule has 154 valence electrons. The summed E-state index contributed by atoms with van der Waals surface area (Å²) in [7, 11) is -3.90. The first-order valence-electron chi connectivity index (χ1n) is 9.48. The third kappa shape index (κ3) is 4.83. The highest BCUT2D eigenvalue weighted by molar-refractivity contribution is 7.92. The summed E-state index contributed by atoms with van der Waals surface area (Å²) in [5.74, 6) is -0.0423. The Bertz CT molecular complexity index is 1000. The lowest BCUT2D eigenvalue weighted by Gasteiger charge is -2.30. The Kier molecular flexibility index (Phi) is 5.67. The number of carbonyl (C=O) groups is 1. The van der Waals surface area contributed by atoms with Crippen molar-refractivity contribution in [2.24, 2.45) is 5.92 Å². The first-order chi connectivity index (χ1) is 13.9. The molecule has 9 heteroatoms. The van der Waals surface area contributed by atoms with Gasteiger partial charge in [-0.1, -0.05) is 11.6 Å². The van der Waals surface area contributed by atoms with Crippen molar-refractivity contribution >= 4 is 44.6 Å². The number of hydrogen-bond donors (Lipinski definition) is 2. The van der Waals surface area contributed by atoms with E-state index in [4.69, 9.17) is 16.3 Å². The van der Waals surface area contributed by atoms with Crippen LogP contribution >= 0.6 is 11.6 Å². The molecule has 2 fully saturated rings. The van der Waals surface area contributed by atoms with Crippen LogP contribution < -0.4 is 14.9 Å². The van der Waals surface area contributed by atoms with Crippen LogP contribution in [0.5, 0.6) is 0 Å². The van der Waals surface area contributed by atoms with Crippen LogP contribution in [-0.4, -0.2) is 40.6 Å². The van der Waals surface area contributed by atoms with Crippen molar-refractivity contribution in [3.05, 3.63) is 47.5 Å². The molecule has 1 amide bonds. The quantitative estimate of drug-likeness (QED) is 0.726. The molecule has 2 aromatic carbocycles. The van der Waals surface area contributed by atoms with Gasteiger partial charge in [0.05, 0.1) is 18.9 Å². The van der Waals surface area contributed by atoms with Crippen molar-refractivity contribution in [2.75, 3.05) is 41.2 Å². The van der Waals surface area contributed by atoms with E-state index in [0.717, 1.165) is 12.8 Å². The lowest BCUT2D eigenvalue weighted by atomic mass is 10.2. The predicted octanol–water partition coefficient (Wildman–Crippen LogP) is 3.33. The molecular formula is C20H22ClN3O4S. The molecule has 2 aromatic rings. The molecule has 1 saturated carbocycles. The maximum atomic E-state index is 13.2. The number of hydrogen-bond acceptors (Lipinski definition) is 5. The van der Waals surface area contributed by atoms with Gasteiger partial charge in [0, 0.05) is 35.4 Å². The molecule has 4 rings (SSSR count). The Morgan fingerprint density at radius 3 is 2.34 bits per heavy atom. The second kappa shape index (κ2) is 8.22. The van der Waals surface area contributed by atoms with Crippen LogP contribution in [0.25, 0.3) is 0 Å². The zero-order valence-electron chi connectivity index (χ0n) is 15.7. The lowest BCUT2D eigenvalue weighted by molar-refractivity contribution is -0.117. The fourth-order valence-electron chi connectivity index (χ4n) is 3.19. The van der Waals surface area contributed by atoms with E-state index >= 15 is 0 Å². The fraction of sp³-hybridized carbons (Fsp3) is 0.350. The maximum absolute atomic E-state index is 13.2. The Balaban J connectivity index is 1.67. The summed E-state index contributed by atoms with van der Waals surface area (Å²) in [6, 6.07) is 11.4. The molecule has 2 N–H and O–H groups in total. The van der Waals surface area contributed by atoms with Gasteiger partial charge in [0.25, 0.3) is 10.0 Å². The summed E-state index contributed by atoms with van der Waals surface area (Å²) < 4.78 is 34.4. The molecule has 1 aliphatic carbocycles. The molecule has 0 radical (unpaired) electrons. The number of benzene rings is 2. The molecule has 1 saturated heterocycles. The minimum atomic E-state index is -3.90. The summed E-state index contributed by atoms with van der Waals surface area (Å²) in [6.45, 7) is 2.25. The number of nitrogens with one attached hydrogen (secondary N) is 2. The Morgan fingerprint density at radius 1 is 1.03 bits per heavy atom. The maximum Gasteiger partial charge on any atom is 0.264 e. The molecule has 0 aromatic heterocycles. The average molecular weight is 436 g/mol. The number of morpholine rings is 1. The SMILES string of the molecule is O=C(Nc1ccc(N2CCOCC2)c(S(=O)(=O)Nc2ccc(Cl)cc2)c1)C1CC1. The number of anilines is 3. The summed E-state index contributed by atoms with van der Waals surface area (Å²) in [6.07, 6.45) is 1.75. The monoisotopic (exact) mass is 435 g/mol. The van der Waals surface area contributed by atoms with Gasteiger partial charge in [0.1, 0.15) is 4.90 Å². The van der Waals surface area contributed by atoms with E-state index < -0.39 is 10.0 Å². The van der Waals surface area contributed by atoms with Gasteiger partial charge in [-0.2, -0.15) is 0 Å². The highest BCUT2D eigenvalue weighted by Gasteiger charge is 2.30. The highest BCUT2D eigenvalue weighted by atomic mass is 35.5. The van der Waals surface area contributed by atoms with Crippen molar-refractivity contribution in [1.29, 1.82) is 0 Å². The van der Waals surface area contributed by atoms with Gasteiger partial charge in [-0.3, -0.25) is 9.52 Å². The Morgan fingerprint density at radius 2 is 1.69 bits per heavy atom. The Hall–Kier alpha value is -2.29. The van der Waals surface area contributed by atoms with Gasteiger partial charge >= 0.3 is 0 Å². The first-order valence-corrected chi connectivity index (χ1v) is 11.3. The van der Waals surface area contributed by atoms with E-state index in [1.807, 2.05) is 4.90 Å². The van der Waals surface area contributed by atoms with E-state index in [1.165, 1.54) is 6.07 Å². The number of rotatable bonds is 6. The van der Waals surface area contributed by atoms with Crippen LogP contribution in [0.2, 0.25) is 5.02 Å². The van der Waals surface area contributed by atoms with Gasteiger partial charge < -0.3 is 15.0 Å². The molecule has 0 unspecified atom stereocenters. The molecule has 1 aliphatic heterocycles. The van der Waals surface area contributed by atoms with Crippen LogP contribution in [0.1, 0.15) is 12.8 Å². The molecule has 2 aliphatic rings. The second-order valence-corrected chi connectivity index (χ2v) is 9.25. The third-order valence-corrected chi connectivity index (χ3v) is 6.58. The average Bonchev–Trinajstić information content (AvgIpc) is 3.56. The lowest BCUT2D eigenvalue weighted by Crippen LogP contribution is -2.37. The molecule has 29 heavy (non-hydrogen) atoms. The third-order valence-electron chi connectivity index (χ3n) is 4.91. The number of ether oxygens (including phenoxy) is 1. The van der Waals surface area contributed by atoms with Gasteiger partial charge in [-0.05, 0) is 55.3 Å². The second-order valence-electron chi connectivity index (χ2n) is 7.16. The van der Waals surface area contributed by atoms with Crippen LogP contribution in [0.15, 0.2) is 47.4 Å². The summed E-state index contributed by atoms with van der Waals surface area (Å²) in [4.78, 5) is 14.2. The number of sulfonamides is 1. The first kappa shape index (κ1) is 20.0. The fourth-order valence-corrected chi connectivity index (χ4v) is 4.63. The van der Waals surface area contributed by atoms with Crippen molar-refractivity contribution in [1.82, 2.24) is 0 Å². The smallest absolute Gasteiger partial charge is 0.264 e. The molecule has 7 nitrogen and oxygen atoms in total. The van der Waals surface area contributed by atoms with Gasteiger partial charge in [-0.15, -0.1) is 0 Å². The zero-order valence-corrected chi connectivity index (χ0v) is 17.3. The topological polar surface area (TPSA) is 87.7 Å². The van der Waals surface area contributed by atoms with E-state index in [1.54, 1.807) is 36.4 Å². The molecule has 0 bridgehead atoms.